The van der Waals surface area contributed by atoms with E-state index in [0.29, 0.717) is 23.3 Å². The van der Waals surface area contributed by atoms with E-state index < -0.39 is 5.76 Å². The fourth-order valence-electron chi connectivity index (χ4n) is 1.76. The van der Waals surface area contributed by atoms with Crippen molar-refractivity contribution < 1.29 is 4.42 Å². The molecule has 0 saturated heterocycles. The zero-order valence-corrected chi connectivity index (χ0v) is 10.2. The molecule has 0 aliphatic carbocycles. The standard InChI is InChI=1S/C12H11N3O2S/c13-8-4-11-10(15-12(16)17-11)5-9(8)14-6-7-2-1-3-18-7/h1-5,14H,6,13H2,(H,15,16). The molecule has 2 aromatic heterocycles. The highest BCUT2D eigenvalue weighted by molar-refractivity contribution is 7.09. The van der Waals surface area contributed by atoms with Crippen LogP contribution in [0.1, 0.15) is 4.88 Å². The summed E-state index contributed by atoms with van der Waals surface area (Å²) in [5.41, 5.74) is 8.36. The fourth-order valence-corrected chi connectivity index (χ4v) is 2.41. The predicted octanol–water partition coefficient (Wildman–Crippen LogP) is 2.38. The van der Waals surface area contributed by atoms with E-state index in [1.54, 1.807) is 23.5 Å². The molecule has 0 atom stereocenters. The molecule has 0 amide bonds. The van der Waals surface area contributed by atoms with Gasteiger partial charge in [0.05, 0.1) is 16.9 Å². The summed E-state index contributed by atoms with van der Waals surface area (Å²) in [6, 6.07) is 7.47. The number of nitrogen functional groups attached to an aromatic ring is 1. The van der Waals surface area contributed by atoms with Crippen LogP contribution in [0.5, 0.6) is 0 Å². The van der Waals surface area contributed by atoms with E-state index in [4.69, 9.17) is 10.2 Å². The molecule has 0 radical (unpaired) electrons. The highest BCUT2D eigenvalue weighted by atomic mass is 32.1. The summed E-state index contributed by atoms with van der Waals surface area (Å²) >= 11 is 1.68. The highest BCUT2D eigenvalue weighted by Crippen LogP contribution is 2.25. The average Bonchev–Trinajstić information content (AvgIpc) is 2.94. The van der Waals surface area contributed by atoms with E-state index in [9.17, 15) is 4.79 Å². The van der Waals surface area contributed by atoms with Gasteiger partial charge in [-0.2, -0.15) is 0 Å². The Morgan fingerprint density at radius 1 is 1.44 bits per heavy atom. The van der Waals surface area contributed by atoms with Gasteiger partial charge in [-0.25, -0.2) is 4.79 Å². The van der Waals surface area contributed by atoms with Crippen LogP contribution in [0.15, 0.2) is 38.9 Å². The lowest BCUT2D eigenvalue weighted by molar-refractivity contribution is 0.555. The number of thiophene rings is 1. The summed E-state index contributed by atoms with van der Waals surface area (Å²) < 4.78 is 4.94. The summed E-state index contributed by atoms with van der Waals surface area (Å²) in [5.74, 6) is -0.472. The van der Waals surface area contributed by atoms with Crippen molar-refractivity contribution in [3.8, 4) is 0 Å². The van der Waals surface area contributed by atoms with Crippen LogP contribution in [0.25, 0.3) is 11.1 Å². The molecule has 0 aliphatic rings. The summed E-state index contributed by atoms with van der Waals surface area (Å²) in [4.78, 5) is 14.9. The Labute approximate surface area is 106 Å². The number of fused-ring (bicyclic) bond motifs is 1. The van der Waals surface area contributed by atoms with Gasteiger partial charge < -0.3 is 15.5 Å². The Morgan fingerprint density at radius 2 is 2.33 bits per heavy atom. The minimum atomic E-state index is -0.472. The molecule has 18 heavy (non-hydrogen) atoms. The van der Waals surface area contributed by atoms with E-state index in [0.717, 1.165) is 5.69 Å². The van der Waals surface area contributed by atoms with E-state index in [1.807, 2.05) is 17.5 Å². The third-order valence-electron chi connectivity index (χ3n) is 2.62. The van der Waals surface area contributed by atoms with Crippen LogP contribution >= 0.6 is 11.3 Å². The number of aromatic amines is 1. The SMILES string of the molecule is Nc1cc2oc(=O)[nH]c2cc1NCc1cccs1. The topological polar surface area (TPSA) is 84.0 Å². The van der Waals surface area contributed by atoms with Gasteiger partial charge in [0.1, 0.15) is 0 Å². The zero-order valence-electron chi connectivity index (χ0n) is 9.40. The quantitative estimate of drug-likeness (QED) is 0.632. The number of oxazole rings is 1. The molecule has 0 saturated carbocycles. The van der Waals surface area contributed by atoms with Crippen molar-refractivity contribution in [2.24, 2.45) is 0 Å². The van der Waals surface area contributed by atoms with Gasteiger partial charge in [0.15, 0.2) is 5.58 Å². The second kappa shape index (κ2) is 4.23. The third-order valence-corrected chi connectivity index (χ3v) is 3.50. The maximum Gasteiger partial charge on any atom is 0.417 e. The molecule has 92 valence electrons. The van der Waals surface area contributed by atoms with E-state index >= 15 is 0 Å². The Bertz CT molecular complexity index is 727. The van der Waals surface area contributed by atoms with Gasteiger partial charge >= 0.3 is 5.76 Å². The third kappa shape index (κ3) is 1.98. The number of aromatic nitrogens is 1. The van der Waals surface area contributed by atoms with Gasteiger partial charge in [-0.1, -0.05) is 6.07 Å². The van der Waals surface area contributed by atoms with Gasteiger partial charge in [-0.05, 0) is 17.5 Å². The number of rotatable bonds is 3. The Kier molecular flexibility index (Phi) is 2.56. The number of hydrogen-bond donors (Lipinski definition) is 3. The van der Waals surface area contributed by atoms with Crippen LogP contribution in [-0.4, -0.2) is 4.98 Å². The Morgan fingerprint density at radius 3 is 3.11 bits per heavy atom. The number of hydrogen-bond acceptors (Lipinski definition) is 5. The summed E-state index contributed by atoms with van der Waals surface area (Å²) in [7, 11) is 0. The summed E-state index contributed by atoms with van der Waals surface area (Å²) in [5, 5.41) is 5.26. The lowest BCUT2D eigenvalue weighted by Crippen LogP contribution is -2.01. The molecule has 6 heteroatoms. The summed E-state index contributed by atoms with van der Waals surface area (Å²) in [6.07, 6.45) is 0. The van der Waals surface area contributed by atoms with Crippen molar-refractivity contribution in [1.29, 1.82) is 0 Å². The number of anilines is 2. The van der Waals surface area contributed by atoms with E-state index in [1.165, 1.54) is 4.88 Å². The molecule has 3 aromatic rings. The Balaban J connectivity index is 1.91. The molecule has 0 fully saturated rings. The van der Waals surface area contributed by atoms with Crippen molar-refractivity contribution >= 4 is 33.8 Å². The lowest BCUT2D eigenvalue weighted by Gasteiger charge is -2.07. The predicted molar refractivity (Wildman–Crippen MR) is 72.9 cm³/mol. The highest BCUT2D eigenvalue weighted by Gasteiger charge is 2.06. The number of nitrogens with two attached hydrogens (primary N) is 1. The van der Waals surface area contributed by atoms with Gasteiger partial charge in [0.25, 0.3) is 0 Å². The van der Waals surface area contributed by atoms with Gasteiger partial charge in [-0.15, -0.1) is 11.3 Å². The molecular formula is C12H11N3O2S. The van der Waals surface area contributed by atoms with Crippen LogP contribution < -0.4 is 16.8 Å². The minimum absolute atomic E-state index is 0.471. The van der Waals surface area contributed by atoms with E-state index in [-0.39, 0.29) is 0 Å². The van der Waals surface area contributed by atoms with Crippen molar-refractivity contribution in [2.45, 2.75) is 6.54 Å². The second-order valence-corrected chi connectivity index (χ2v) is 4.92. The van der Waals surface area contributed by atoms with Crippen LogP contribution in [0.3, 0.4) is 0 Å². The smallest absolute Gasteiger partial charge is 0.408 e. The molecule has 0 unspecified atom stereocenters. The summed E-state index contributed by atoms with van der Waals surface area (Å²) in [6.45, 7) is 0.704. The van der Waals surface area contributed by atoms with Crippen LogP contribution in [-0.2, 0) is 6.54 Å². The Hall–Kier alpha value is -2.21. The van der Waals surface area contributed by atoms with Crippen molar-refractivity contribution in [3.63, 3.8) is 0 Å². The van der Waals surface area contributed by atoms with Crippen molar-refractivity contribution in [1.82, 2.24) is 4.98 Å². The first kappa shape index (κ1) is 10.9. The van der Waals surface area contributed by atoms with Crippen LogP contribution in [0.4, 0.5) is 11.4 Å². The molecule has 2 heterocycles. The lowest BCUT2D eigenvalue weighted by atomic mass is 10.2. The first-order chi connectivity index (χ1) is 8.72. The molecule has 4 N–H and O–H groups in total. The van der Waals surface area contributed by atoms with E-state index in [2.05, 4.69) is 10.3 Å². The van der Waals surface area contributed by atoms with Gasteiger partial charge in [0, 0.05) is 17.5 Å². The first-order valence-electron chi connectivity index (χ1n) is 5.41. The fraction of sp³-hybridized carbons (Fsp3) is 0.0833. The number of nitrogens with one attached hydrogen (secondary N) is 2. The molecule has 5 nitrogen and oxygen atoms in total. The maximum absolute atomic E-state index is 11.1. The molecule has 0 spiro atoms. The van der Waals surface area contributed by atoms with Crippen molar-refractivity contribution in [3.05, 3.63) is 45.1 Å². The minimum Gasteiger partial charge on any atom is -0.408 e. The number of H-pyrrole nitrogens is 1. The molecular weight excluding hydrogens is 250 g/mol. The zero-order chi connectivity index (χ0) is 12.5. The second-order valence-electron chi connectivity index (χ2n) is 3.88. The van der Waals surface area contributed by atoms with Gasteiger partial charge in [0.2, 0.25) is 0 Å². The van der Waals surface area contributed by atoms with Gasteiger partial charge in [-0.3, -0.25) is 4.98 Å². The van der Waals surface area contributed by atoms with Crippen LogP contribution in [0, 0.1) is 0 Å². The average molecular weight is 261 g/mol. The number of benzene rings is 1. The molecule has 1 aromatic carbocycles. The molecule has 3 rings (SSSR count). The molecule has 0 bridgehead atoms. The monoisotopic (exact) mass is 261 g/mol. The van der Waals surface area contributed by atoms with Crippen molar-refractivity contribution in [2.75, 3.05) is 11.1 Å². The van der Waals surface area contributed by atoms with Crippen LogP contribution in [0.2, 0.25) is 0 Å². The first-order valence-corrected chi connectivity index (χ1v) is 6.29. The maximum atomic E-state index is 11.1. The normalized spacial score (nSPS) is 10.9. The largest absolute Gasteiger partial charge is 0.417 e. The molecule has 0 aliphatic heterocycles.